The maximum absolute atomic E-state index is 13.1. The van der Waals surface area contributed by atoms with Gasteiger partial charge in [-0.3, -0.25) is 9.59 Å². The first-order valence-corrected chi connectivity index (χ1v) is 6.96. The van der Waals surface area contributed by atoms with E-state index in [9.17, 15) is 18.4 Å². The Morgan fingerprint density at radius 1 is 1.24 bits per heavy atom. The van der Waals surface area contributed by atoms with Gasteiger partial charge in [-0.05, 0) is 38.3 Å². The lowest BCUT2D eigenvalue weighted by Crippen LogP contribution is -2.43. The summed E-state index contributed by atoms with van der Waals surface area (Å²) >= 11 is 0. The van der Waals surface area contributed by atoms with Crippen LogP contribution in [0.3, 0.4) is 0 Å². The quantitative estimate of drug-likeness (QED) is 0.821. The van der Waals surface area contributed by atoms with Gasteiger partial charge in [-0.1, -0.05) is 6.92 Å². The fourth-order valence-electron chi connectivity index (χ4n) is 1.97. The Hall–Kier alpha value is -1.98. The molecule has 4 nitrogen and oxygen atoms in total. The second-order valence-electron chi connectivity index (χ2n) is 5.45. The summed E-state index contributed by atoms with van der Waals surface area (Å²) in [6.45, 7) is 3.80. The first-order valence-electron chi connectivity index (χ1n) is 6.96. The van der Waals surface area contributed by atoms with Gasteiger partial charge in [0.25, 0.3) is 0 Å². The molecule has 0 bridgehead atoms. The van der Waals surface area contributed by atoms with Crippen LogP contribution in [-0.2, 0) is 9.59 Å². The van der Waals surface area contributed by atoms with Crippen LogP contribution in [0.2, 0.25) is 0 Å². The summed E-state index contributed by atoms with van der Waals surface area (Å²) in [5.74, 6) is -2.81. The SMILES string of the molecule is CCC(C)NC(=O)C1(C(=O)Nc2ccc(F)c(F)c2)CC1. The zero-order chi connectivity index (χ0) is 15.6. The molecule has 1 aromatic rings. The molecule has 0 aliphatic heterocycles. The monoisotopic (exact) mass is 296 g/mol. The van der Waals surface area contributed by atoms with Crippen molar-refractivity contribution in [1.29, 1.82) is 0 Å². The van der Waals surface area contributed by atoms with Crippen molar-refractivity contribution < 1.29 is 18.4 Å². The minimum Gasteiger partial charge on any atom is -0.353 e. The van der Waals surface area contributed by atoms with Gasteiger partial charge < -0.3 is 10.6 Å². The van der Waals surface area contributed by atoms with Crippen LogP contribution in [0.25, 0.3) is 0 Å². The third kappa shape index (κ3) is 3.20. The van der Waals surface area contributed by atoms with Crippen LogP contribution in [0.5, 0.6) is 0 Å². The highest BCUT2D eigenvalue weighted by atomic mass is 19.2. The Morgan fingerprint density at radius 2 is 1.90 bits per heavy atom. The molecule has 1 atom stereocenters. The molecule has 6 heteroatoms. The minimum absolute atomic E-state index is 0.00830. The molecule has 0 aromatic heterocycles. The lowest BCUT2D eigenvalue weighted by molar-refractivity contribution is -0.134. The molecule has 1 aromatic carbocycles. The van der Waals surface area contributed by atoms with E-state index in [-0.39, 0.29) is 17.6 Å². The maximum Gasteiger partial charge on any atom is 0.240 e. The number of hydrogen-bond acceptors (Lipinski definition) is 2. The molecule has 1 unspecified atom stereocenters. The summed E-state index contributed by atoms with van der Waals surface area (Å²) in [5.41, 5.74) is -0.935. The minimum atomic E-state index is -1.08. The highest BCUT2D eigenvalue weighted by Crippen LogP contribution is 2.47. The van der Waals surface area contributed by atoms with E-state index in [0.29, 0.717) is 12.8 Å². The van der Waals surface area contributed by atoms with Crippen molar-refractivity contribution in [1.82, 2.24) is 5.32 Å². The molecule has 21 heavy (non-hydrogen) atoms. The van der Waals surface area contributed by atoms with Gasteiger partial charge in [-0.25, -0.2) is 8.78 Å². The first-order chi connectivity index (χ1) is 9.89. The Kier molecular flexibility index (Phi) is 4.25. The number of carbonyl (C=O) groups excluding carboxylic acids is 2. The number of halogens is 2. The van der Waals surface area contributed by atoms with E-state index in [1.54, 1.807) is 0 Å². The second kappa shape index (κ2) is 5.79. The van der Waals surface area contributed by atoms with Gasteiger partial charge in [0, 0.05) is 17.8 Å². The van der Waals surface area contributed by atoms with Crippen LogP contribution in [0.1, 0.15) is 33.1 Å². The lowest BCUT2D eigenvalue weighted by atomic mass is 10.0. The normalized spacial score (nSPS) is 17.0. The second-order valence-corrected chi connectivity index (χ2v) is 5.45. The summed E-state index contributed by atoms with van der Waals surface area (Å²) in [6, 6.07) is 3.09. The molecule has 1 fully saturated rings. The van der Waals surface area contributed by atoms with Crippen LogP contribution in [0.15, 0.2) is 18.2 Å². The molecule has 0 heterocycles. The van der Waals surface area contributed by atoms with Crippen molar-refractivity contribution >= 4 is 17.5 Å². The van der Waals surface area contributed by atoms with E-state index in [1.807, 2.05) is 13.8 Å². The van der Waals surface area contributed by atoms with E-state index < -0.39 is 23.0 Å². The van der Waals surface area contributed by atoms with Gasteiger partial charge in [0.15, 0.2) is 11.6 Å². The highest BCUT2D eigenvalue weighted by Gasteiger charge is 2.56. The van der Waals surface area contributed by atoms with E-state index in [1.165, 1.54) is 6.07 Å². The predicted molar refractivity (Wildman–Crippen MR) is 74.6 cm³/mol. The molecular formula is C15H18F2N2O2. The van der Waals surface area contributed by atoms with E-state index in [2.05, 4.69) is 10.6 Å². The molecule has 0 spiro atoms. The zero-order valence-electron chi connectivity index (χ0n) is 12.0. The molecule has 114 valence electrons. The van der Waals surface area contributed by atoms with Crippen LogP contribution in [0.4, 0.5) is 14.5 Å². The Bertz CT molecular complexity index is 571. The van der Waals surface area contributed by atoms with Crippen LogP contribution in [0, 0.1) is 17.0 Å². The molecule has 2 rings (SSSR count). The van der Waals surface area contributed by atoms with E-state index >= 15 is 0 Å². The van der Waals surface area contributed by atoms with Gasteiger partial charge >= 0.3 is 0 Å². The van der Waals surface area contributed by atoms with Gasteiger partial charge in [0.2, 0.25) is 11.8 Å². The van der Waals surface area contributed by atoms with Crippen molar-refractivity contribution in [3.05, 3.63) is 29.8 Å². The van der Waals surface area contributed by atoms with Crippen LogP contribution in [-0.4, -0.2) is 17.9 Å². The summed E-state index contributed by atoms with van der Waals surface area (Å²) < 4.78 is 26.0. The largest absolute Gasteiger partial charge is 0.353 e. The number of benzene rings is 1. The van der Waals surface area contributed by atoms with Gasteiger partial charge in [-0.2, -0.15) is 0 Å². The van der Waals surface area contributed by atoms with Crippen molar-refractivity contribution in [3.63, 3.8) is 0 Å². The summed E-state index contributed by atoms with van der Waals surface area (Å²) in [6.07, 6.45) is 1.70. The summed E-state index contributed by atoms with van der Waals surface area (Å²) in [5, 5.41) is 5.26. The molecule has 2 amide bonds. The number of rotatable bonds is 5. The smallest absolute Gasteiger partial charge is 0.240 e. The average Bonchev–Trinajstić information content (AvgIpc) is 3.24. The number of amides is 2. The Morgan fingerprint density at radius 3 is 2.43 bits per heavy atom. The molecule has 0 radical (unpaired) electrons. The van der Waals surface area contributed by atoms with Crippen molar-refractivity contribution in [2.45, 2.75) is 39.2 Å². The Balaban J connectivity index is 2.05. The number of anilines is 1. The third-order valence-electron chi connectivity index (χ3n) is 3.79. The van der Waals surface area contributed by atoms with Crippen molar-refractivity contribution in [3.8, 4) is 0 Å². The van der Waals surface area contributed by atoms with Crippen LogP contribution < -0.4 is 10.6 Å². The van der Waals surface area contributed by atoms with Crippen molar-refractivity contribution in [2.75, 3.05) is 5.32 Å². The molecular weight excluding hydrogens is 278 g/mol. The van der Waals surface area contributed by atoms with Gasteiger partial charge in [-0.15, -0.1) is 0 Å². The number of hydrogen-bond donors (Lipinski definition) is 2. The predicted octanol–water partition coefficient (Wildman–Crippen LogP) is 2.60. The molecule has 1 saturated carbocycles. The molecule has 1 aliphatic carbocycles. The van der Waals surface area contributed by atoms with Gasteiger partial charge in [0.05, 0.1) is 0 Å². The fourth-order valence-corrected chi connectivity index (χ4v) is 1.97. The lowest BCUT2D eigenvalue weighted by Gasteiger charge is -2.18. The van der Waals surface area contributed by atoms with E-state index in [0.717, 1.165) is 18.6 Å². The topological polar surface area (TPSA) is 58.2 Å². The first kappa shape index (κ1) is 15.4. The summed E-state index contributed by atoms with van der Waals surface area (Å²) in [7, 11) is 0. The number of nitrogens with one attached hydrogen (secondary N) is 2. The van der Waals surface area contributed by atoms with Gasteiger partial charge in [0.1, 0.15) is 5.41 Å². The Labute approximate surface area is 121 Å². The van der Waals surface area contributed by atoms with Crippen LogP contribution >= 0.6 is 0 Å². The third-order valence-corrected chi connectivity index (χ3v) is 3.79. The highest BCUT2D eigenvalue weighted by molar-refractivity contribution is 6.13. The summed E-state index contributed by atoms with van der Waals surface area (Å²) in [4.78, 5) is 24.4. The number of carbonyl (C=O) groups is 2. The van der Waals surface area contributed by atoms with Crippen molar-refractivity contribution in [2.24, 2.45) is 5.41 Å². The standard InChI is InChI=1S/C15H18F2N2O2/c1-3-9(2)18-13(20)15(6-7-15)14(21)19-10-4-5-11(16)12(17)8-10/h4-5,8-9H,3,6-7H2,1-2H3,(H,18,20)(H,19,21). The zero-order valence-corrected chi connectivity index (χ0v) is 12.0. The molecule has 1 aliphatic rings. The fraction of sp³-hybridized carbons (Fsp3) is 0.467. The van der Waals surface area contributed by atoms with E-state index in [4.69, 9.17) is 0 Å². The molecule has 2 N–H and O–H groups in total. The molecule has 0 saturated heterocycles. The maximum atomic E-state index is 13.1. The average molecular weight is 296 g/mol.